The van der Waals surface area contributed by atoms with E-state index in [2.05, 4.69) is 10.4 Å². The molecule has 30 heavy (non-hydrogen) atoms. The van der Waals surface area contributed by atoms with Crippen molar-refractivity contribution in [1.82, 2.24) is 15.1 Å². The zero-order valence-electron chi connectivity index (χ0n) is 16.5. The van der Waals surface area contributed by atoms with Crippen molar-refractivity contribution in [2.75, 3.05) is 13.3 Å². The van der Waals surface area contributed by atoms with Gasteiger partial charge in [0.15, 0.2) is 11.5 Å². The maximum absolute atomic E-state index is 12.6. The maximum atomic E-state index is 12.6. The molecule has 0 saturated heterocycles. The second kappa shape index (κ2) is 7.51. The van der Waals surface area contributed by atoms with Gasteiger partial charge < -0.3 is 14.8 Å². The van der Waals surface area contributed by atoms with Crippen molar-refractivity contribution in [2.45, 2.75) is 19.3 Å². The Morgan fingerprint density at radius 1 is 1.20 bits per heavy atom. The highest BCUT2D eigenvalue weighted by Gasteiger charge is 2.25. The summed E-state index contributed by atoms with van der Waals surface area (Å²) in [6.07, 6.45) is 3.05. The molecule has 1 aromatic heterocycles. The average Bonchev–Trinajstić information content (AvgIpc) is 3.41. The molecule has 1 aliphatic heterocycles. The van der Waals surface area contributed by atoms with E-state index in [1.54, 1.807) is 18.3 Å². The van der Waals surface area contributed by atoms with E-state index < -0.39 is 4.92 Å². The van der Waals surface area contributed by atoms with E-state index >= 15 is 0 Å². The Balaban J connectivity index is 1.42. The SMILES string of the molecule is CC(C)(CNC(=O)c1cnn(-c2ccc([N+](=O)[O-])cc2)c1)c1ccc2c(c1)OCO2. The average molecular weight is 408 g/mol. The maximum Gasteiger partial charge on any atom is 0.269 e. The van der Waals surface area contributed by atoms with Gasteiger partial charge in [-0.3, -0.25) is 14.9 Å². The number of carbonyl (C=O) groups excluding carboxylic acids is 1. The highest BCUT2D eigenvalue weighted by atomic mass is 16.7. The number of nitrogens with one attached hydrogen (secondary N) is 1. The quantitative estimate of drug-likeness (QED) is 0.496. The van der Waals surface area contributed by atoms with Gasteiger partial charge in [-0.1, -0.05) is 19.9 Å². The van der Waals surface area contributed by atoms with Gasteiger partial charge in [-0.2, -0.15) is 5.10 Å². The fourth-order valence-electron chi connectivity index (χ4n) is 3.13. The van der Waals surface area contributed by atoms with Gasteiger partial charge >= 0.3 is 0 Å². The van der Waals surface area contributed by atoms with E-state index in [0.717, 1.165) is 11.3 Å². The molecule has 1 aliphatic rings. The van der Waals surface area contributed by atoms with Gasteiger partial charge in [0.05, 0.1) is 22.4 Å². The summed E-state index contributed by atoms with van der Waals surface area (Å²) < 4.78 is 12.3. The number of nitro benzene ring substituents is 1. The van der Waals surface area contributed by atoms with E-state index in [0.29, 0.717) is 23.5 Å². The smallest absolute Gasteiger partial charge is 0.269 e. The van der Waals surface area contributed by atoms with Crippen LogP contribution in [0.2, 0.25) is 0 Å². The van der Waals surface area contributed by atoms with Crippen LogP contribution in [0.15, 0.2) is 54.9 Å². The molecule has 2 heterocycles. The Hall–Kier alpha value is -3.88. The predicted molar refractivity (Wildman–Crippen MR) is 108 cm³/mol. The Kier molecular flexibility index (Phi) is 4.86. The Morgan fingerprint density at radius 2 is 1.93 bits per heavy atom. The Morgan fingerprint density at radius 3 is 2.67 bits per heavy atom. The van der Waals surface area contributed by atoms with Gasteiger partial charge in [-0.15, -0.1) is 0 Å². The number of fused-ring (bicyclic) bond motifs is 1. The second-order valence-corrected chi connectivity index (χ2v) is 7.58. The molecular formula is C21H20N4O5. The Bertz CT molecular complexity index is 1100. The van der Waals surface area contributed by atoms with Crippen molar-refractivity contribution < 1.29 is 19.2 Å². The summed E-state index contributed by atoms with van der Waals surface area (Å²) in [5, 5.41) is 17.9. The molecule has 9 nitrogen and oxygen atoms in total. The number of hydrogen-bond donors (Lipinski definition) is 1. The predicted octanol–water partition coefficient (Wildman–Crippen LogP) is 3.22. The summed E-state index contributed by atoms with van der Waals surface area (Å²) in [5.74, 6) is 1.17. The zero-order valence-corrected chi connectivity index (χ0v) is 16.5. The monoisotopic (exact) mass is 408 g/mol. The minimum absolute atomic E-state index is 0.00498. The van der Waals surface area contributed by atoms with E-state index in [9.17, 15) is 14.9 Å². The van der Waals surface area contributed by atoms with Gasteiger partial charge in [0, 0.05) is 30.3 Å². The van der Waals surface area contributed by atoms with Crippen molar-refractivity contribution in [1.29, 1.82) is 0 Å². The van der Waals surface area contributed by atoms with Crippen LogP contribution in [-0.2, 0) is 5.41 Å². The molecule has 1 amide bonds. The second-order valence-electron chi connectivity index (χ2n) is 7.58. The van der Waals surface area contributed by atoms with Gasteiger partial charge in [-0.25, -0.2) is 4.68 Å². The van der Waals surface area contributed by atoms with Crippen molar-refractivity contribution in [2.24, 2.45) is 0 Å². The van der Waals surface area contributed by atoms with Crippen molar-refractivity contribution in [3.05, 3.63) is 76.1 Å². The molecule has 0 atom stereocenters. The van der Waals surface area contributed by atoms with Crippen molar-refractivity contribution in [3.63, 3.8) is 0 Å². The number of carbonyl (C=O) groups is 1. The molecular weight excluding hydrogens is 388 g/mol. The third kappa shape index (κ3) is 3.82. The summed E-state index contributed by atoms with van der Waals surface area (Å²) in [6, 6.07) is 11.7. The van der Waals surface area contributed by atoms with Gasteiger partial charge in [0.25, 0.3) is 11.6 Å². The summed E-state index contributed by atoms with van der Waals surface area (Å²) in [5.41, 5.74) is 1.71. The number of rotatable bonds is 6. The number of benzene rings is 2. The van der Waals surface area contributed by atoms with Gasteiger partial charge in [0.1, 0.15) is 0 Å². The highest BCUT2D eigenvalue weighted by Crippen LogP contribution is 2.36. The molecule has 154 valence electrons. The lowest BCUT2D eigenvalue weighted by Gasteiger charge is -2.25. The zero-order chi connectivity index (χ0) is 21.3. The van der Waals surface area contributed by atoms with Crippen LogP contribution in [0.25, 0.3) is 5.69 Å². The van der Waals surface area contributed by atoms with E-state index in [1.165, 1.54) is 23.0 Å². The highest BCUT2D eigenvalue weighted by molar-refractivity contribution is 5.93. The molecule has 0 fully saturated rings. The molecule has 1 N–H and O–H groups in total. The first-order valence-electron chi connectivity index (χ1n) is 9.31. The molecule has 4 rings (SSSR count). The van der Waals surface area contributed by atoms with E-state index in [1.807, 2.05) is 32.0 Å². The molecule has 3 aromatic rings. The normalized spacial score (nSPS) is 12.6. The number of aromatic nitrogens is 2. The fraction of sp³-hybridized carbons (Fsp3) is 0.238. The minimum atomic E-state index is -0.465. The lowest BCUT2D eigenvalue weighted by molar-refractivity contribution is -0.384. The van der Waals surface area contributed by atoms with E-state index in [-0.39, 0.29) is 23.8 Å². The number of ether oxygens (including phenoxy) is 2. The van der Waals surface area contributed by atoms with Crippen LogP contribution in [0, 0.1) is 10.1 Å². The number of amides is 1. The molecule has 0 radical (unpaired) electrons. The molecule has 0 saturated carbocycles. The van der Waals surface area contributed by atoms with Crippen molar-refractivity contribution >= 4 is 11.6 Å². The number of nitrogens with zero attached hydrogens (tertiary/aromatic N) is 3. The Labute approximate surface area is 172 Å². The molecule has 0 bridgehead atoms. The largest absolute Gasteiger partial charge is 0.454 e. The first kappa shape index (κ1) is 19.4. The lowest BCUT2D eigenvalue weighted by Crippen LogP contribution is -2.36. The topological polar surface area (TPSA) is 109 Å². The third-order valence-corrected chi connectivity index (χ3v) is 5.01. The molecule has 9 heteroatoms. The first-order valence-corrected chi connectivity index (χ1v) is 9.31. The summed E-state index contributed by atoms with van der Waals surface area (Å²) in [7, 11) is 0. The first-order chi connectivity index (χ1) is 14.3. The summed E-state index contributed by atoms with van der Waals surface area (Å²) >= 11 is 0. The van der Waals surface area contributed by atoms with Crippen molar-refractivity contribution in [3.8, 4) is 17.2 Å². The van der Waals surface area contributed by atoms with Gasteiger partial charge in [-0.05, 0) is 29.8 Å². The molecule has 0 unspecified atom stereocenters. The number of hydrogen-bond acceptors (Lipinski definition) is 6. The van der Waals surface area contributed by atoms with Crippen LogP contribution in [0.5, 0.6) is 11.5 Å². The summed E-state index contributed by atoms with van der Waals surface area (Å²) in [4.78, 5) is 22.9. The van der Waals surface area contributed by atoms with Crippen LogP contribution in [0.3, 0.4) is 0 Å². The fourth-order valence-corrected chi connectivity index (χ4v) is 3.13. The third-order valence-electron chi connectivity index (χ3n) is 5.01. The van der Waals surface area contributed by atoms with Crippen LogP contribution in [-0.4, -0.2) is 33.9 Å². The molecule has 2 aromatic carbocycles. The van der Waals surface area contributed by atoms with E-state index in [4.69, 9.17) is 9.47 Å². The summed E-state index contributed by atoms with van der Waals surface area (Å²) in [6.45, 7) is 4.69. The molecule has 0 aliphatic carbocycles. The number of nitro groups is 1. The molecule has 0 spiro atoms. The van der Waals surface area contributed by atoms with Crippen LogP contribution in [0.4, 0.5) is 5.69 Å². The minimum Gasteiger partial charge on any atom is -0.454 e. The standard InChI is InChI=1S/C21H20N4O5/c1-21(2,15-3-8-18-19(9-15)30-13-29-18)12-22-20(26)14-10-23-24(11-14)16-4-6-17(7-5-16)25(27)28/h3-11H,12-13H2,1-2H3,(H,22,26). The van der Waals surface area contributed by atoms with Gasteiger partial charge in [0.2, 0.25) is 6.79 Å². The lowest BCUT2D eigenvalue weighted by atomic mass is 9.84. The number of non-ortho nitro benzene ring substituents is 1. The van der Waals surface area contributed by atoms with Crippen LogP contribution < -0.4 is 14.8 Å². The van der Waals surface area contributed by atoms with Crippen LogP contribution >= 0.6 is 0 Å². The van der Waals surface area contributed by atoms with Crippen LogP contribution in [0.1, 0.15) is 29.8 Å².